The first-order valence-corrected chi connectivity index (χ1v) is 7.76. The van der Waals surface area contributed by atoms with Crippen molar-refractivity contribution in [3.05, 3.63) is 30.3 Å². The number of unbranched alkanes of at least 4 members (excludes halogenated alkanes) is 1. The molecule has 6 heteroatoms. The molecule has 2 atom stereocenters. The number of phenolic OH excluding ortho intramolecular Hbond substituents is 1. The maximum absolute atomic E-state index is 8.63. The van der Waals surface area contributed by atoms with Crippen LogP contribution in [0.5, 0.6) is 5.75 Å². The van der Waals surface area contributed by atoms with Crippen LogP contribution >= 0.6 is 0 Å². The maximum atomic E-state index is 8.63. The van der Waals surface area contributed by atoms with Gasteiger partial charge in [0.1, 0.15) is 24.7 Å². The molecule has 0 spiro atoms. The van der Waals surface area contributed by atoms with Gasteiger partial charge < -0.3 is 28.8 Å². The van der Waals surface area contributed by atoms with Gasteiger partial charge in [-0.25, -0.2) is 0 Å². The van der Waals surface area contributed by atoms with E-state index in [9.17, 15) is 0 Å². The molecule has 1 aromatic rings. The smallest absolute Gasteiger partial charge is 0.115 e. The van der Waals surface area contributed by atoms with Crippen molar-refractivity contribution in [2.24, 2.45) is 0 Å². The van der Waals surface area contributed by atoms with Crippen LogP contribution < -0.4 is 0 Å². The van der Waals surface area contributed by atoms with Gasteiger partial charge in [-0.05, 0) is 25.0 Å². The fraction of sp³-hybridized carbons (Fsp3) is 0.588. The largest absolute Gasteiger partial charge is 0.508 e. The third-order valence-corrected chi connectivity index (χ3v) is 3.00. The molecule has 1 aromatic carbocycles. The van der Waals surface area contributed by atoms with Crippen molar-refractivity contribution in [3.63, 3.8) is 0 Å². The van der Waals surface area contributed by atoms with E-state index in [0.29, 0.717) is 18.0 Å². The van der Waals surface area contributed by atoms with E-state index >= 15 is 0 Å². The average molecular weight is 326 g/mol. The van der Waals surface area contributed by atoms with Crippen LogP contribution in [0.2, 0.25) is 0 Å². The van der Waals surface area contributed by atoms with E-state index in [-0.39, 0.29) is 0 Å². The number of carbonyl (C=O) groups is 1. The molecule has 3 rings (SSSR count). The summed E-state index contributed by atoms with van der Waals surface area (Å²) in [4.78, 5) is 8.00. The predicted octanol–water partition coefficient (Wildman–Crippen LogP) is 1.80. The molecule has 2 fully saturated rings. The van der Waals surface area contributed by atoms with E-state index in [4.69, 9.17) is 28.8 Å². The topological polar surface area (TPSA) is 80.8 Å². The molecule has 6 nitrogen and oxygen atoms in total. The Labute approximate surface area is 137 Å². The van der Waals surface area contributed by atoms with Gasteiger partial charge in [-0.3, -0.25) is 0 Å². The van der Waals surface area contributed by atoms with E-state index in [1.165, 1.54) is 0 Å². The highest BCUT2D eigenvalue weighted by Crippen LogP contribution is 2.10. The molecule has 0 aromatic heterocycles. The van der Waals surface area contributed by atoms with Crippen molar-refractivity contribution in [2.75, 3.05) is 39.6 Å². The summed E-state index contributed by atoms with van der Waals surface area (Å²) in [6.07, 6.45) is 2.91. The van der Waals surface area contributed by atoms with Crippen LogP contribution in [0.25, 0.3) is 0 Å². The SMILES string of the molecule is C(CCOCC1CO1)COCC1CO1.C=O.Oc1ccccc1. The lowest BCUT2D eigenvalue weighted by atomic mass is 10.3. The Kier molecular flexibility index (Phi) is 11.1. The highest BCUT2D eigenvalue weighted by molar-refractivity contribution is 5.18. The number of hydrogen-bond acceptors (Lipinski definition) is 6. The summed E-state index contributed by atoms with van der Waals surface area (Å²) in [5, 5.41) is 8.63. The molecule has 2 heterocycles. The second kappa shape index (κ2) is 13.0. The number of carbonyl (C=O) groups excluding carboxylic acids is 1. The van der Waals surface area contributed by atoms with Crippen molar-refractivity contribution in [1.29, 1.82) is 0 Å². The number of para-hydroxylation sites is 1. The van der Waals surface area contributed by atoms with Crippen molar-refractivity contribution in [1.82, 2.24) is 0 Å². The maximum Gasteiger partial charge on any atom is 0.115 e. The van der Waals surface area contributed by atoms with Crippen LogP contribution in [0.15, 0.2) is 30.3 Å². The van der Waals surface area contributed by atoms with E-state index in [1.54, 1.807) is 24.3 Å². The number of benzene rings is 1. The van der Waals surface area contributed by atoms with E-state index in [1.807, 2.05) is 12.9 Å². The first-order chi connectivity index (χ1) is 11.3. The van der Waals surface area contributed by atoms with Gasteiger partial charge in [0.2, 0.25) is 0 Å². The van der Waals surface area contributed by atoms with Crippen molar-refractivity contribution < 1.29 is 28.8 Å². The zero-order valence-corrected chi connectivity index (χ0v) is 13.4. The Morgan fingerprint density at radius 1 is 0.957 bits per heavy atom. The lowest BCUT2D eigenvalue weighted by Gasteiger charge is -2.03. The van der Waals surface area contributed by atoms with Crippen molar-refractivity contribution in [2.45, 2.75) is 25.0 Å². The molecule has 0 amide bonds. The fourth-order valence-corrected chi connectivity index (χ4v) is 1.59. The predicted molar refractivity (Wildman–Crippen MR) is 85.6 cm³/mol. The van der Waals surface area contributed by atoms with E-state index in [2.05, 4.69) is 0 Å². The first-order valence-electron chi connectivity index (χ1n) is 7.76. The second-order valence-electron chi connectivity index (χ2n) is 5.10. The molecular weight excluding hydrogens is 300 g/mol. The third kappa shape index (κ3) is 12.7. The van der Waals surface area contributed by atoms with Gasteiger partial charge >= 0.3 is 0 Å². The number of rotatable bonds is 9. The molecule has 2 aliphatic rings. The van der Waals surface area contributed by atoms with Gasteiger partial charge in [-0.1, -0.05) is 18.2 Å². The molecule has 0 bridgehead atoms. The highest BCUT2D eigenvalue weighted by Gasteiger charge is 2.22. The molecular formula is C17H26O6. The van der Waals surface area contributed by atoms with Crippen LogP contribution in [-0.4, -0.2) is 63.7 Å². The number of epoxide rings is 2. The van der Waals surface area contributed by atoms with E-state index < -0.39 is 0 Å². The molecule has 23 heavy (non-hydrogen) atoms. The Bertz CT molecular complexity index is 360. The monoisotopic (exact) mass is 326 g/mol. The quantitative estimate of drug-likeness (QED) is 0.550. The molecule has 2 saturated heterocycles. The van der Waals surface area contributed by atoms with Gasteiger partial charge in [0.15, 0.2) is 0 Å². The normalized spacial score (nSPS) is 20.5. The summed E-state index contributed by atoms with van der Waals surface area (Å²) >= 11 is 0. The summed E-state index contributed by atoms with van der Waals surface area (Å²) in [6.45, 7) is 6.93. The Hall–Kier alpha value is -1.47. The Morgan fingerprint density at radius 3 is 1.70 bits per heavy atom. The Morgan fingerprint density at radius 2 is 1.39 bits per heavy atom. The van der Waals surface area contributed by atoms with Crippen LogP contribution in [0.4, 0.5) is 0 Å². The second-order valence-corrected chi connectivity index (χ2v) is 5.10. The van der Waals surface area contributed by atoms with Crippen LogP contribution in [0.1, 0.15) is 12.8 Å². The average Bonchev–Trinajstić information content (AvgIpc) is 3.48. The summed E-state index contributed by atoms with van der Waals surface area (Å²) in [7, 11) is 0. The minimum atomic E-state index is 0.322. The van der Waals surface area contributed by atoms with Gasteiger partial charge in [0, 0.05) is 13.2 Å². The molecule has 130 valence electrons. The van der Waals surface area contributed by atoms with Gasteiger partial charge in [-0.15, -0.1) is 0 Å². The van der Waals surface area contributed by atoms with E-state index in [0.717, 1.165) is 52.5 Å². The molecule has 2 aliphatic heterocycles. The van der Waals surface area contributed by atoms with Gasteiger partial charge in [0.05, 0.1) is 26.4 Å². The number of hydrogen-bond donors (Lipinski definition) is 1. The zero-order valence-electron chi connectivity index (χ0n) is 13.4. The van der Waals surface area contributed by atoms with Gasteiger partial charge in [0.25, 0.3) is 0 Å². The number of aromatic hydroxyl groups is 1. The van der Waals surface area contributed by atoms with Crippen molar-refractivity contribution in [3.8, 4) is 5.75 Å². The third-order valence-electron chi connectivity index (χ3n) is 3.00. The molecule has 0 saturated carbocycles. The Balaban J connectivity index is 0.000000247. The summed E-state index contributed by atoms with van der Waals surface area (Å²) in [5.41, 5.74) is 0. The summed E-state index contributed by atoms with van der Waals surface area (Å²) in [6, 6.07) is 8.71. The van der Waals surface area contributed by atoms with Crippen LogP contribution in [0.3, 0.4) is 0 Å². The standard InChI is InChI=1S/C10H18O4.C6H6O.CH2O/c1(3-11-5-9-7-13-9)2-4-12-6-10-8-14-10;7-6-4-2-1-3-5-6;1-2/h9-10H,1-8H2;1-5,7H;1H2. The molecule has 1 N–H and O–H groups in total. The first kappa shape index (κ1) is 19.6. The lowest BCUT2D eigenvalue weighted by Crippen LogP contribution is -2.05. The van der Waals surface area contributed by atoms with Crippen LogP contribution in [0, 0.1) is 0 Å². The fourth-order valence-electron chi connectivity index (χ4n) is 1.59. The summed E-state index contributed by atoms with van der Waals surface area (Å²) in [5.74, 6) is 0.322. The number of phenols is 1. The minimum Gasteiger partial charge on any atom is -0.508 e. The lowest BCUT2D eigenvalue weighted by molar-refractivity contribution is -0.0979. The highest BCUT2D eigenvalue weighted by atomic mass is 16.6. The molecule has 0 aliphatic carbocycles. The van der Waals surface area contributed by atoms with Gasteiger partial charge in [-0.2, -0.15) is 0 Å². The minimum absolute atomic E-state index is 0.322. The molecule has 2 unspecified atom stereocenters. The molecule has 0 radical (unpaired) electrons. The zero-order chi connectivity index (χ0) is 16.8. The number of ether oxygens (including phenoxy) is 4. The van der Waals surface area contributed by atoms with Crippen LogP contribution in [-0.2, 0) is 23.7 Å². The van der Waals surface area contributed by atoms with Crippen molar-refractivity contribution >= 4 is 6.79 Å². The summed E-state index contributed by atoms with van der Waals surface area (Å²) < 4.78 is 20.8.